The number of thiophene rings is 1. The quantitative estimate of drug-likeness (QED) is 0.452. The molecule has 29 heavy (non-hydrogen) atoms. The predicted octanol–water partition coefficient (Wildman–Crippen LogP) is 4.30. The van der Waals surface area contributed by atoms with Crippen molar-refractivity contribution in [2.45, 2.75) is 6.61 Å². The monoisotopic (exact) mass is 408 g/mol. The zero-order valence-electron chi connectivity index (χ0n) is 15.4. The fraction of sp³-hybridized carbons (Fsp3) is 0.100. The van der Waals surface area contributed by atoms with Gasteiger partial charge in [0, 0.05) is 6.20 Å². The number of anilines is 2. The molecule has 3 aromatic heterocycles. The number of methoxy groups -OCH3 is 1. The van der Waals surface area contributed by atoms with E-state index in [0.717, 1.165) is 4.88 Å². The van der Waals surface area contributed by atoms with Crippen molar-refractivity contribution >= 4 is 28.8 Å². The Kier molecular flexibility index (Phi) is 5.48. The van der Waals surface area contributed by atoms with Gasteiger partial charge in [-0.15, -0.1) is 21.5 Å². The highest BCUT2D eigenvalue weighted by Gasteiger charge is 2.17. The van der Waals surface area contributed by atoms with E-state index in [1.54, 1.807) is 25.4 Å². The molecular weight excluding hydrogens is 392 g/mol. The topological polar surface area (TPSA) is 99.4 Å². The molecule has 0 aliphatic heterocycles. The summed E-state index contributed by atoms with van der Waals surface area (Å²) < 4.78 is 16.2. The Morgan fingerprint density at radius 3 is 2.86 bits per heavy atom. The molecule has 0 aliphatic carbocycles. The lowest BCUT2D eigenvalue weighted by molar-refractivity contribution is 0.0439. The first-order valence-corrected chi connectivity index (χ1v) is 9.51. The van der Waals surface area contributed by atoms with Gasteiger partial charge in [-0.3, -0.25) is 0 Å². The molecule has 1 aromatic carbocycles. The first-order chi connectivity index (χ1) is 14.2. The van der Waals surface area contributed by atoms with Gasteiger partial charge in [-0.2, -0.15) is 0 Å². The first-order valence-electron chi connectivity index (χ1n) is 8.63. The Hall–Kier alpha value is -3.72. The minimum absolute atomic E-state index is 0.139. The van der Waals surface area contributed by atoms with Crippen LogP contribution in [0.1, 0.15) is 16.2 Å². The molecule has 0 saturated heterocycles. The summed E-state index contributed by atoms with van der Waals surface area (Å²) in [6.45, 7) is -0.139. The van der Waals surface area contributed by atoms with Crippen LogP contribution in [-0.2, 0) is 11.3 Å². The number of carbonyl (C=O) groups excluding carboxylic acids is 1. The third-order valence-corrected chi connectivity index (χ3v) is 4.77. The average molecular weight is 408 g/mol. The highest BCUT2D eigenvalue weighted by molar-refractivity contribution is 7.13. The predicted molar refractivity (Wildman–Crippen MR) is 107 cm³/mol. The Balaban J connectivity index is 1.47. The average Bonchev–Trinajstić information content (AvgIpc) is 3.45. The smallest absolute Gasteiger partial charge is 0.342 e. The van der Waals surface area contributed by atoms with Crippen molar-refractivity contribution in [1.29, 1.82) is 0 Å². The standard InChI is InChI=1S/C20H16N4O4S/c1-26-15-8-3-2-7-14(15)22-18-13(6-4-10-21-18)20(25)27-12-17-23-24-19(28-17)16-9-5-11-29-16/h2-11H,12H2,1H3,(H,21,22). The van der Waals surface area contributed by atoms with Crippen LogP contribution in [0.5, 0.6) is 5.75 Å². The SMILES string of the molecule is COc1ccccc1Nc1ncccc1C(=O)OCc1nnc(-c2cccs2)o1. The van der Waals surface area contributed by atoms with Crippen molar-refractivity contribution in [2.24, 2.45) is 0 Å². The lowest BCUT2D eigenvalue weighted by atomic mass is 10.2. The molecule has 0 aliphatic rings. The molecule has 0 amide bonds. The normalized spacial score (nSPS) is 10.5. The van der Waals surface area contributed by atoms with Crippen LogP contribution in [0.2, 0.25) is 0 Å². The van der Waals surface area contributed by atoms with Gasteiger partial charge in [0.2, 0.25) is 0 Å². The molecule has 3 heterocycles. The van der Waals surface area contributed by atoms with Gasteiger partial charge in [-0.05, 0) is 35.7 Å². The highest BCUT2D eigenvalue weighted by atomic mass is 32.1. The van der Waals surface area contributed by atoms with Crippen LogP contribution in [0.25, 0.3) is 10.8 Å². The van der Waals surface area contributed by atoms with Gasteiger partial charge in [0.15, 0.2) is 6.61 Å². The van der Waals surface area contributed by atoms with Gasteiger partial charge >= 0.3 is 5.97 Å². The summed E-state index contributed by atoms with van der Waals surface area (Å²) in [7, 11) is 1.57. The molecule has 0 fully saturated rings. The zero-order chi connectivity index (χ0) is 20.1. The maximum atomic E-state index is 12.6. The van der Waals surface area contributed by atoms with E-state index in [-0.39, 0.29) is 18.1 Å². The van der Waals surface area contributed by atoms with E-state index in [1.807, 2.05) is 41.8 Å². The maximum Gasteiger partial charge on any atom is 0.342 e. The number of nitrogens with zero attached hydrogens (tertiary/aromatic N) is 3. The molecule has 146 valence electrons. The molecule has 8 nitrogen and oxygen atoms in total. The molecular formula is C20H16N4O4S. The second kappa shape index (κ2) is 8.53. The van der Waals surface area contributed by atoms with Gasteiger partial charge in [0.25, 0.3) is 11.8 Å². The van der Waals surface area contributed by atoms with E-state index in [2.05, 4.69) is 20.5 Å². The fourth-order valence-corrected chi connectivity index (χ4v) is 3.21. The summed E-state index contributed by atoms with van der Waals surface area (Å²) in [4.78, 5) is 17.7. The number of nitrogens with one attached hydrogen (secondary N) is 1. The van der Waals surface area contributed by atoms with E-state index in [9.17, 15) is 4.79 Å². The Morgan fingerprint density at radius 2 is 2.03 bits per heavy atom. The minimum Gasteiger partial charge on any atom is -0.495 e. The molecule has 0 atom stereocenters. The number of para-hydroxylation sites is 2. The third-order valence-electron chi connectivity index (χ3n) is 3.91. The summed E-state index contributed by atoms with van der Waals surface area (Å²) in [5, 5.41) is 12.9. The zero-order valence-corrected chi connectivity index (χ0v) is 16.2. The largest absolute Gasteiger partial charge is 0.495 e. The first kappa shape index (κ1) is 18.6. The second-order valence-corrected chi connectivity index (χ2v) is 6.73. The number of pyridine rings is 1. The molecule has 0 unspecified atom stereocenters. The molecule has 0 spiro atoms. The lowest BCUT2D eigenvalue weighted by Gasteiger charge is -2.12. The number of rotatable bonds is 7. The summed E-state index contributed by atoms with van der Waals surface area (Å²) >= 11 is 1.49. The van der Waals surface area contributed by atoms with Crippen molar-refractivity contribution in [3.8, 4) is 16.5 Å². The van der Waals surface area contributed by atoms with E-state index in [0.29, 0.717) is 23.1 Å². The van der Waals surface area contributed by atoms with Crippen LogP contribution in [0.15, 0.2) is 64.5 Å². The number of ether oxygens (including phenoxy) is 2. The summed E-state index contributed by atoms with van der Waals surface area (Å²) in [5.74, 6) is 1.03. The van der Waals surface area contributed by atoms with Gasteiger partial charge in [-0.25, -0.2) is 9.78 Å². The summed E-state index contributed by atoms with van der Waals surface area (Å²) in [6.07, 6.45) is 1.58. The van der Waals surface area contributed by atoms with Gasteiger partial charge in [0.05, 0.1) is 17.7 Å². The molecule has 0 bridgehead atoms. The van der Waals surface area contributed by atoms with E-state index >= 15 is 0 Å². The summed E-state index contributed by atoms with van der Waals surface area (Å²) in [6, 6.07) is 14.4. The molecule has 4 rings (SSSR count). The summed E-state index contributed by atoms with van der Waals surface area (Å²) in [5.41, 5.74) is 0.955. The van der Waals surface area contributed by atoms with Gasteiger partial charge in [0.1, 0.15) is 17.1 Å². The Morgan fingerprint density at radius 1 is 1.14 bits per heavy atom. The van der Waals surface area contributed by atoms with Crippen LogP contribution in [0.3, 0.4) is 0 Å². The highest BCUT2D eigenvalue weighted by Crippen LogP contribution is 2.28. The second-order valence-electron chi connectivity index (χ2n) is 5.78. The van der Waals surface area contributed by atoms with Crippen LogP contribution >= 0.6 is 11.3 Å². The van der Waals surface area contributed by atoms with Crippen LogP contribution < -0.4 is 10.1 Å². The number of carbonyl (C=O) groups is 1. The molecule has 9 heteroatoms. The van der Waals surface area contributed by atoms with Crippen LogP contribution in [0, 0.1) is 0 Å². The molecule has 0 radical (unpaired) electrons. The molecule has 1 N–H and O–H groups in total. The minimum atomic E-state index is -0.564. The van der Waals surface area contributed by atoms with E-state index in [1.165, 1.54) is 11.3 Å². The Labute approximate surface area is 170 Å². The van der Waals surface area contributed by atoms with Crippen molar-refractivity contribution in [3.63, 3.8) is 0 Å². The number of esters is 1. The number of benzene rings is 1. The Bertz CT molecular complexity index is 1110. The van der Waals surface area contributed by atoms with Crippen molar-refractivity contribution in [3.05, 3.63) is 71.6 Å². The molecule has 4 aromatic rings. The number of hydrogen-bond donors (Lipinski definition) is 1. The fourth-order valence-electron chi connectivity index (χ4n) is 2.56. The van der Waals surface area contributed by atoms with Gasteiger partial charge < -0.3 is 19.2 Å². The van der Waals surface area contributed by atoms with E-state index < -0.39 is 5.97 Å². The van der Waals surface area contributed by atoms with Crippen LogP contribution in [0.4, 0.5) is 11.5 Å². The molecule has 0 saturated carbocycles. The van der Waals surface area contributed by atoms with Crippen molar-refractivity contribution in [2.75, 3.05) is 12.4 Å². The van der Waals surface area contributed by atoms with Gasteiger partial charge in [-0.1, -0.05) is 18.2 Å². The third kappa shape index (κ3) is 4.25. The van der Waals surface area contributed by atoms with E-state index in [4.69, 9.17) is 13.9 Å². The number of aromatic nitrogens is 3. The number of hydrogen-bond acceptors (Lipinski definition) is 9. The lowest BCUT2D eigenvalue weighted by Crippen LogP contribution is -2.10. The van der Waals surface area contributed by atoms with Crippen molar-refractivity contribution < 1.29 is 18.7 Å². The van der Waals surface area contributed by atoms with Crippen molar-refractivity contribution in [1.82, 2.24) is 15.2 Å². The van der Waals surface area contributed by atoms with Crippen LogP contribution in [-0.4, -0.2) is 28.3 Å². The maximum absolute atomic E-state index is 12.6.